The molecule has 32 heavy (non-hydrogen) atoms. The Hall–Kier alpha value is -2.55. The monoisotopic (exact) mass is 469 g/mol. The molecule has 3 aromatic rings. The molecule has 1 aliphatic rings. The summed E-state index contributed by atoms with van der Waals surface area (Å²) < 4.78 is 27.9. The van der Waals surface area contributed by atoms with Crippen LogP contribution in [0.2, 0.25) is 0 Å². The molecule has 4 rings (SSSR count). The first-order valence-electron chi connectivity index (χ1n) is 10.9. The van der Waals surface area contributed by atoms with E-state index in [1.54, 1.807) is 28.6 Å². The van der Waals surface area contributed by atoms with Crippen molar-refractivity contribution in [1.29, 1.82) is 0 Å². The van der Waals surface area contributed by atoms with Crippen molar-refractivity contribution in [3.05, 3.63) is 65.3 Å². The molecule has 0 aliphatic carbocycles. The summed E-state index contributed by atoms with van der Waals surface area (Å²) in [4.78, 5) is 18.4. The molecule has 2 heterocycles. The fourth-order valence-electron chi connectivity index (χ4n) is 4.10. The van der Waals surface area contributed by atoms with Crippen molar-refractivity contribution < 1.29 is 13.2 Å². The first kappa shape index (κ1) is 22.6. The number of hydrogen-bond donors (Lipinski definition) is 1. The number of nitrogens with one attached hydrogen (secondary N) is 1. The Morgan fingerprint density at radius 3 is 2.53 bits per heavy atom. The third kappa shape index (κ3) is 4.62. The summed E-state index contributed by atoms with van der Waals surface area (Å²) in [6.45, 7) is 4.46. The van der Waals surface area contributed by atoms with Crippen molar-refractivity contribution in [3.63, 3.8) is 0 Å². The highest BCUT2D eigenvalue weighted by atomic mass is 32.2. The highest BCUT2D eigenvalue weighted by Gasteiger charge is 2.32. The topological polar surface area (TPSA) is 79.4 Å². The third-order valence-corrected chi connectivity index (χ3v) is 8.73. The quantitative estimate of drug-likeness (QED) is 0.530. The third-order valence-electron chi connectivity index (χ3n) is 5.75. The molecule has 1 N–H and O–H groups in total. The van der Waals surface area contributed by atoms with Gasteiger partial charge in [-0.05, 0) is 56.0 Å². The molecule has 8 heteroatoms. The van der Waals surface area contributed by atoms with Crippen LogP contribution in [-0.4, -0.2) is 36.2 Å². The van der Waals surface area contributed by atoms with Gasteiger partial charge in [0.2, 0.25) is 10.0 Å². The highest BCUT2D eigenvalue weighted by molar-refractivity contribution is 7.89. The van der Waals surface area contributed by atoms with Crippen molar-refractivity contribution in [1.82, 2.24) is 9.29 Å². The minimum Gasteiger partial charge on any atom is -0.321 e. The molecule has 1 aromatic heterocycles. The summed E-state index contributed by atoms with van der Waals surface area (Å²) >= 11 is 1.47. The molecule has 0 saturated carbocycles. The van der Waals surface area contributed by atoms with Gasteiger partial charge in [0, 0.05) is 18.3 Å². The van der Waals surface area contributed by atoms with Gasteiger partial charge in [-0.1, -0.05) is 43.7 Å². The average molecular weight is 470 g/mol. The van der Waals surface area contributed by atoms with Crippen molar-refractivity contribution in [3.8, 4) is 10.4 Å². The fourth-order valence-corrected chi connectivity index (χ4v) is 6.79. The van der Waals surface area contributed by atoms with E-state index in [0.29, 0.717) is 17.9 Å². The lowest BCUT2D eigenvalue weighted by atomic mass is 10.0. The van der Waals surface area contributed by atoms with Crippen molar-refractivity contribution in [2.45, 2.75) is 50.5 Å². The van der Waals surface area contributed by atoms with E-state index in [-0.39, 0.29) is 16.8 Å². The number of piperidine rings is 1. The summed E-state index contributed by atoms with van der Waals surface area (Å²) in [5.74, 6) is -0.314. The molecule has 2 aromatic carbocycles. The molecule has 0 bridgehead atoms. The van der Waals surface area contributed by atoms with Gasteiger partial charge < -0.3 is 5.32 Å². The van der Waals surface area contributed by atoms with Crippen molar-refractivity contribution in [2.75, 3.05) is 11.9 Å². The molecular formula is C24H27N3O3S2. The van der Waals surface area contributed by atoms with Gasteiger partial charge in [0.1, 0.15) is 5.69 Å². The van der Waals surface area contributed by atoms with Crippen LogP contribution in [0.15, 0.2) is 59.5 Å². The number of aryl methyl sites for hydroxylation is 1. The van der Waals surface area contributed by atoms with Gasteiger partial charge >= 0.3 is 0 Å². The molecule has 1 saturated heterocycles. The molecule has 1 fully saturated rings. The number of carbonyl (C=O) groups excluding carboxylic acids is 1. The van der Waals surface area contributed by atoms with Crippen LogP contribution in [0.1, 0.15) is 48.1 Å². The number of aromatic nitrogens is 1. The maximum absolute atomic E-state index is 13.1. The number of benzene rings is 2. The Labute approximate surface area is 193 Å². The normalized spacial score (nSPS) is 17.2. The van der Waals surface area contributed by atoms with E-state index < -0.39 is 10.0 Å². The Bertz CT molecular complexity index is 1190. The SMILES string of the molecule is CCC1CCCCN1S(=O)(=O)c1ccc(NC(=O)c2nc(C)sc2-c2ccccc2)cc1. The Balaban J connectivity index is 1.53. The van der Waals surface area contributed by atoms with Gasteiger partial charge in [0.25, 0.3) is 5.91 Å². The van der Waals surface area contributed by atoms with Crippen molar-refractivity contribution in [2.24, 2.45) is 0 Å². The van der Waals surface area contributed by atoms with E-state index in [1.807, 2.05) is 44.2 Å². The Morgan fingerprint density at radius 2 is 1.84 bits per heavy atom. The lowest BCUT2D eigenvalue weighted by molar-refractivity contribution is 0.102. The number of anilines is 1. The molecule has 1 aliphatic heterocycles. The maximum atomic E-state index is 13.1. The first-order chi connectivity index (χ1) is 15.4. The number of hydrogen-bond acceptors (Lipinski definition) is 5. The predicted molar refractivity (Wildman–Crippen MR) is 129 cm³/mol. The molecular weight excluding hydrogens is 442 g/mol. The van der Waals surface area contributed by atoms with E-state index in [4.69, 9.17) is 0 Å². The van der Waals surface area contributed by atoms with E-state index in [2.05, 4.69) is 10.3 Å². The van der Waals surface area contributed by atoms with Crippen LogP contribution in [0, 0.1) is 6.92 Å². The van der Waals surface area contributed by atoms with Crippen LogP contribution in [0.3, 0.4) is 0 Å². The summed E-state index contributed by atoms with van der Waals surface area (Å²) in [5.41, 5.74) is 1.84. The summed E-state index contributed by atoms with van der Waals surface area (Å²) in [6.07, 6.45) is 3.67. The smallest absolute Gasteiger partial charge is 0.275 e. The van der Waals surface area contributed by atoms with E-state index in [0.717, 1.165) is 41.1 Å². The van der Waals surface area contributed by atoms with Crippen LogP contribution >= 0.6 is 11.3 Å². The van der Waals surface area contributed by atoms with Crippen LogP contribution in [-0.2, 0) is 10.0 Å². The predicted octanol–water partition coefficient (Wildman–Crippen LogP) is 5.32. The van der Waals surface area contributed by atoms with E-state index in [1.165, 1.54) is 11.3 Å². The molecule has 0 spiro atoms. The molecule has 6 nitrogen and oxygen atoms in total. The zero-order valence-corrected chi connectivity index (χ0v) is 19.9. The van der Waals surface area contributed by atoms with Gasteiger partial charge in [0.15, 0.2) is 0 Å². The summed E-state index contributed by atoms with van der Waals surface area (Å²) in [7, 11) is -3.55. The van der Waals surface area contributed by atoms with Gasteiger partial charge in [-0.15, -0.1) is 11.3 Å². The van der Waals surface area contributed by atoms with Crippen LogP contribution in [0.25, 0.3) is 10.4 Å². The number of rotatable bonds is 6. The van der Waals surface area contributed by atoms with Gasteiger partial charge in [-0.3, -0.25) is 4.79 Å². The molecule has 1 unspecified atom stereocenters. The maximum Gasteiger partial charge on any atom is 0.275 e. The second kappa shape index (κ2) is 9.52. The molecule has 1 atom stereocenters. The van der Waals surface area contributed by atoms with Crippen LogP contribution < -0.4 is 5.32 Å². The number of thiazole rings is 1. The van der Waals surface area contributed by atoms with Gasteiger partial charge in [-0.2, -0.15) is 4.31 Å². The van der Waals surface area contributed by atoms with Crippen LogP contribution in [0.5, 0.6) is 0 Å². The lowest BCUT2D eigenvalue weighted by Gasteiger charge is -2.34. The van der Waals surface area contributed by atoms with E-state index in [9.17, 15) is 13.2 Å². The standard InChI is InChI=1S/C24H27N3O3S2/c1-3-20-11-7-8-16-27(20)32(29,30)21-14-12-19(13-15-21)26-24(28)22-23(31-17(2)25-22)18-9-5-4-6-10-18/h4-6,9-10,12-15,20H,3,7-8,11,16H2,1-2H3,(H,26,28). The van der Waals surface area contributed by atoms with Crippen LogP contribution in [0.4, 0.5) is 5.69 Å². The Morgan fingerprint density at radius 1 is 1.12 bits per heavy atom. The first-order valence-corrected chi connectivity index (χ1v) is 13.1. The van der Waals surface area contributed by atoms with Gasteiger partial charge in [-0.25, -0.2) is 13.4 Å². The number of carbonyl (C=O) groups is 1. The van der Waals surface area contributed by atoms with Gasteiger partial charge in [0.05, 0.1) is 14.8 Å². The largest absolute Gasteiger partial charge is 0.321 e. The molecule has 0 radical (unpaired) electrons. The zero-order valence-electron chi connectivity index (χ0n) is 18.2. The van der Waals surface area contributed by atoms with E-state index >= 15 is 0 Å². The molecule has 168 valence electrons. The zero-order chi connectivity index (χ0) is 22.7. The number of amides is 1. The second-order valence-corrected chi connectivity index (χ2v) is 11.0. The highest BCUT2D eigenvalue weighted by Crippen LogP contribution is 2.31. The number of nitrogens with zero attached hydrogens (tertiary/aromatic N) is 2. The average Bonchev–Trinajstić information content (AvgIpc) is 3.22. The fraction of sp³-hybridized carbons (Fsp3) is 0.333. The molecule has 1 amide bonds. The Kier molecular flexibility index (Phi) is 6.74. The minimum atomic E-state index is -3.55. The summed E-state index contributed by atoms with van der Waals surface area (Å²) in [5, 5.41) is 3.66. The lowest BCUT2D eigenvalue weighted by Crippen LogP contribution is -2.43. The van der Waals surface area contributed by atoms with Crippen molar-refractivity contribution >= 4 is 33.0 Å². The second-order valence-electron chi connectivity index (χ2n) is 7.93. The number of sulfonamides is 1. The summed E-state index contributed by atoms with van der Waals surface area (Å²) in [6, 6.07) is 16.1. The minimum absolute atomic E-state index is 0.0532.